The summed E-state index contributed by atoms with van der Waals surface area (Å²) in [4.78, 5) is 0. The van der Waals surface area contributed by atoms with Crippen LogP contribution in [-0.2, 0) is 0 Å². The summed E-state index contributed by atoms with van der Waals surface area (Å²) in [5.74, 6) is 0. The molecule has 0 aliphatic carbocycles. The van der Waals surface area contributed by atoms with Gasteiger partial charge in [0.2, 0.25) is 0 Å². The van der Waals surface area contributed by atoms with Gasteiger partial charge < -0.3 is 5.32 Å². The number of nitrogens with one attached hydrogen (secondary N) is 1. The minimum atomic E-state index is 0.108. The molecule has 0 rings (SSSR count). The van der Waals surface area contributed by atoms with Gasteiger partial charge in [0.1, 0.15) is 17.7 Å². The molecule has 0 unspecified atom stereocenters. The Hall–Kier alpha value is -1.48. The molecule has 0 bridgehead atoms. The summed E-state index contributed by atoms with van der Waals surface area (Å²) in [5, 5.41) is 19.9. The molecule has 1 N–H and O–H groups in total. The van der Waals surface area contributed by atoms with Crippen LogP contribution < -0.4 is 5.32 Å². The van der Waals surface area contributed by atoms with Crippen LogP contribution in [0.4, 0.5) is 0 Å². The number of hydrogen-bond donors (Lipinski definition) is 1. The number of hydrogen-bond acceptors (Lipinski definition) is 3. The van der Waals surface area contributed by atoms with Gasteiger partial charge >= 0.3 is 0 Å². The van der Waals surface area contributed by atoms with Gasteiger partial charge in [-0.1, -0.05) is 20.8 Å². The molecule has 13 heavy (non-hydrogen) atoms. The smallest absolute Gasteiger partial charge is 0.145 e. The lowest BCUT2D eigenvalue weighted by molar-refractivity contribution is 0.308. The predicted molar refractivity (Wildman–Crippen MR) is 51.4 cm³/mol. The number of allylic oxidation sites excluding steroid dienone is 1. The Morgan fingerprint density at radius 3 is 2.08 bits per heavy atom. The summed E-state index contributed by atoms with van der Waals surface area (Å²) in [6, 6.07) is 3.82. The van der Waals surface area contributed by atoms with Crippen LogP contribution in [0, 0.1) is 28.1 Å². The first-order chi connectivity index (χ1) is 5.91. The highest BCUT2D eigenvalue weighted by Gasteiger charge is 2.18. The lowest BCUT2D eigenvalue weighted by Crippen LogP contribution is -2.34. The minimum absolute atomic E-state index is 0.108. The molecule has 0 amide bonds. The monoisotopic (exact) mass is 177 g/mol. The van der Waals surface area contributed by atoms with E-state index in [1.54, 1.807) is 12.1 Å². The zero-order chi connectivity index (χ0) is 10.5. The summed E-state index contributed by atoms with van der Waals surface area (Å²) in [7, 11) is 0. The first-order valence-corrected chi connectivity index (χ1v) is 4.18. The van der Waals surface area contributed by atoms with Crippen molar-refractivity contribution < 1.29 is 0 Å². The van der Waals surface area contributed by atoms with Gasteiger partial charge in [0.15, 0.2) is 0 Å². The molecular weight excluding hydrogens is 162 g/mol. The topological polar surface area (TPSA) is 59.6 Å². The van der Waals surface area contributed by atoms with Crippen LogP contribution in [0.1, 0.15) is 27.7 Å². The van der Waals surface area contributed by atoms with Crippen LogP contribution in [0.25, 0.3) is 0 Å². The quantitative estimate of drug-likeness (QED) is 0.656. The molecule has 3 nitrogen and oxygen atoms in total. The first-order valence-electron chi connectivity index (χ1n) is 4.18. The molecule has 0 aliphatic rings. The maximum absolute atomic E-state index is 8.46. The average Bonchev–Trinajstić information content (AvgIpc) is 2.04. The zero-order valence-electron chi connectivity index (χ0n) is 8.55. The Morgan fingerprint density at radius 2 is 1.77 bits per heavy atom. The van der Waals surface area contributed by atoms with Gasteiger partial charge in [-0.2, -0.15) is 10.5 Å². The Morgan fingerprint density at radius 1 is 1.31 bits per heavy atom. The molecule has 0 aromatic heterocycles. The van der Waals surface area contributed by atoms with Crippen LogP contribution >= 0.6 is 0 Å². The highest BCUT2D eigenvalue weighted by molar-refractivity contribution is 5.34. The standard InChI is InChI=1S/C10H15N3/c1-8(10(2,3)4)13-7-9(5-11)6-12/h7-8,13H,1-4H3/t8-/m1/s1. The van der Waals surface area contributed by atoms with Gasteiger partial charge in [-0.3, -0.25) is 0 Å². The molecule has 70 valence electrons. The fraction of sp³-hybridized carbons (Fsp3) is 0.600. The number of nitriles is 2. The van der Waals surface area contributed by atoms with E-state index < -0.39 is 0 Å². The van der Waals surface area contributed by atoms with Gasteiger partial charge in [-0.25, -0.2) is 0 Å². The third-order valence-electron chi connectivity index (χ3n) is 2.02. The third-order valence-corrected chi connectivity index (χ3v) is 2.02. The number of nitrogens with zero attached hydrogens (tertiary/aromatic N) is 2. The van der Waals surface area contributed by atoms with Crippen molar-refractivity contribution in [2.75, 3.05) is 0 Å². The molecule has 0 fully saturated rings. The molecule has 0 aromatic rings. The van der Waals surface area contributed by atoms with Crippen LogP contribution in [-0.4, -0.2) is 6.04 Å². The van der Waals surface area contributed by atoms with Crippen molar-refractivity contribution in [1.29, 1.82) is 10.5 Å². The van der Waals surface area contributed by atoms with Crippen LogP contribution in [0.3, 0.4) is 0 Å². The maximum atomic E-state index is 8.46. The molecule has 0 radical (unpaired) electrons. The molecular formula is C10H15N3. The van der Waals surface area contributed by atoms with E-state index in [4.69, 9.17) is 10.5 Å². The molecule has 0 heterocycles. The van der Waals surface area contributed by atoms with E-state index in [2.05, 4.69) is 26.1 Å². The van der Waals surface area contributed by atoms with Gasteiger partial charge in [0, 0.05) is 12.2 Å². The van der Waals surface area contributed by atoms with Gasteiger partial charge in [-0.05, 0) is 12.3 Å². The summed E-state index contributed by atoms with van der Waals surface area (Å²) < 4.78 is 0. The van der Waals surface area contributed by atoms with Crippen LogP contribution in [0.5, 0.6) is 0 Å². The van der Waals surface area contributed by atoms with Crippen molar-refractivity contribution >= 4 is 0 Å². The summed E-state index contributed by atoms with van der Waals surface area (Å²) >= 11 is 0. The van der Waals surface area contributed by atoms with Gasteiger partial charge in [-0.15, -0.1) is 0 Å². The molecule has 1 atom stereocenters. The Labute approximate surface area is 79.7 Å². The van der Waals surface area contributed by atoms with E-state index in [9.17, 15) is 0 Å². The first kappa shape index (κ1) is 11.5. The van der Waals surface area contributed by atoms with Crippen molar-refractivity contribution in [3.8, 4) is 12.1 Å². The van der Waals surface area contributed by atoms with Crippen molar-refractivity contribution in [2.24, 2.45) is 5.41 Å². The third kappa shape index (κ3) is 4.18. The Balaban J connectivity index is 4.28. The van der Waals surface area contributed by atoms with E-state index in [0.29, 0.717) is 0 Å². The second-order valence-corrected chi connectivity index (χ2v) is 4.04. The normalized spacial score (nSPS) is 12.2. The summed E-state index contributed by atoms with van der Waals surface area (Å²) in [6.45, 7) is 8.30. The maximum Gasteiger partial charge on any atom is 0.145 e. The van der Waals surface area contributed by atoms with Crippen LogP contribution in [0.2, 0.25) is 0 Å². The van der Waals surface area contributed by atoms with Crippen molar-refractivity contribution in [1.82, 2.24) is 5.32 Å². The van der Waals surface area contributed by atoms with E-state index in [0.717, 1.165) is 0 Å². The van der Waals surface area contributed by atoms with E-state index >= 15 is 0 Å². The molecule has 0 saturated carbocycles. The lowest BCUT2D eigenvalue weighted by atomic mass is 9.88. The highest BCUT2D eigenvalue weighted by Crippen LogP contribution is 2.18. The zero-order valence-corrected chi connectivity index (χ0v) is 8.55. The second kappa shape index (κ2) is 4.52. The molecule has 0 aromatic carbocycles. The van der Waals surface area contributed by atoms with Crippen molar-refractivity contribution in [2.45, 2.75) is 33.7 Å². The fourth-order valence-corrected chi connectivity index (χ4v) is 0.548. The molecule has 0 spiro atoms. The SMILES string of the molecule is C[C@@H](NC=C(C#N)C#N)C(C)(C)C. The van der Waals surface area contributed by atoms with E-state index in [1.165, 1.54) is 6.20 Å². The number of rotatable bonds is 2. The summed E-state index contributed by atoms with van der Waals surface area (Å²) in [5.41, 5.74) is 0.225. The Bertz CT molecular complexity index is 254. The predicted octanol–water partition coefficient (Wildman–Crippen LogP) is 1.94. The Kier molecular flexibility index (Phi) is 4.01. The fourth-order valence-electron chi connectivity index (χ4n) is 0.548. The van der Waals surface area contributed by atoms with E-state index in [1.807, 2.05) is 6.92 Å². The summed E-state index contributed by atoms with van der Waals surface area (Å²) in [6.07, 6.45) is 1.47. The molecule has 0 saturated heterocycles. The molecule has 0 aliphatic heterocycles. The van der Waals surface area contributed by atoms with E-state index in [-0.39, 0.29) is 17.0 Å². The van der Waals surface area contributed by atoms with Gasteiger partial charge in [0.25, 0.3) is 0 Å². The second-order valence-electron chi connectivity index (χ2n) is 4.04. The largest absolute Gasteiger partial charge is 0.386 e. The lowest BCUT2D eigenvalue weighted by Gasteiger charge is -2.27. The molecule has 3 heteroatoms. The average molecular weight is 177 g/mol. The van der Waals surface area contributed by atoms with Crippen molar-refractivity contribution in [3.63, 3.8) is 0 Å². The highest BCUT2D eigenvalue weighted by atomic mass is 14.9. The van der Waals surface area contributed by atoms with Crippen molar-refractivity contribution in [3.05, 3.63) is 11.8 Å². The van der Waals surface area contributed by atoms with Gasteiger partial charge in [0.05, 0.1) is 0 Å². The van der Waals surface area contributed by atoms with Crippen LogP contribution in [0.15, 0.2) is 11.8 Å². The minimum Gasteiger partial charge on any atom is -0.386 e.